The van der Waals surface area contributed by atoms with E-state index in [1.165, 1.54) is 0 Å². The lowest BCUT2D eigenvalue weighted by Crippen LogP contribution is -2.41. The minimum Gasteiger partial charge on any atom is -0.458 e. The maximum atomic E-state index is 12.6. The van der Waals surface area contributed by atoms with E-state index < -0.39 is 0 Å². The van der Waals surface area contributed by atoms with Crippen LogP contribution in [0.1, 0.15) is 36.0 Å². The molecule has 8 heteroatoms. The van der Waals surface area contributed by atoms with E-state index in [-0.39, 0.29) is 11.9 Å². The van der Waals surface area contributed by atoms with Crippen LogP contribution in [-0.4, -0.2) is 34.2 Å². The summed E-state index contributed by atoms with van der Waals surface area (Å²) in [7, 11) is 0. The fourth-order valence-corrected chi connectivity index (χ4v) is 3.25. The molecule has 1 unspecified atom stereocenters. The van der Waals surface area contributed by atoms with Gasteiger partial charge in [0.2, 0.25) is 11.7 Å². The largest absolute Gasteiger partial charge is 0.458 e. The summed E-state index contributed by atoms with van der Waals surface area (Å²) in [5.74, 6) is 2.27. The van der Waals surface area contributed by atoms with E-state index in [2.05, 4.69) is 21.5 Å². The number of hydrogen-bond acceptors (Lipinski definition) is 6. The van der Waals surface area contributed by atoms with Gasteiger partial charge in [-0.3, -0.25) is 0 Å². The van der Waals surface area contributed by atoms with Crippen LogP contribution in [0.15, 0.2) is 45.3 Å². The summed E-state index contributed by atoms with van der Waals surface area (Å²) >= 11 is 0. The third kappa shape index (κ3) is 3.74. The molecule has 3 heterocycles. The van der Waals surface area contributed by atoms with Crippen LogP contribution in [0.2, 0.25) is 0 Å². The summed E-state index contributed by atoms with van der Waals surface area (Å²) in [4.78, 5) is 18.8. The predicted octanol–water partition coefficient (Wildman–Crippen LogP) is 3.92. The Morgan fingerprint density at radius 2 is 2.11 bits per heavy atom. The second kappa shape index (κ2) is 7.56. The highest BCUT2D eigenvalue weighted by Crippen LogP contribution is 2.28. The summed E-state index contributed by atoms with van der Waals surface area (Å²) in [6, 6.07) is 12.3. The first-order valence-electron chi connectivity index (χ1n) is 9.09. The lowest BCUT2D eigenvalue weighted by Gasteiger charge is -2.31. The molecule has 28 heavy (non-hydrogen) atoms. The maximum absolute atomic E-state index is 12.6. The number of aromatic nitrogens is 2. The van der Waals surface area contributed by atoms with Crippen molar-refractivity contribution in [2.24, 2.45) is 0 Å². The zero-order chi connectivity index (χ0) is 19.5. The number of carbonyl (C=O) groups is 1. The van der Waals surface area contributed by atoms with Gasteiger partial charge in [-0.15, -0.1) is 0 Å². The SMILES string of the molecule is Cc1ccc(-c2noc(C3CCCN(C(=O)Nc4ccc(C#N)cc4)C3)n2)o1. The summed E-state index contributed by atoms with van der Waals surface area (Å²) in [6.45, 7) is 3.02. The van der Waals surface area contributed by atoms with E-state index >= 15 is 0 Å². The van der Waals surface area contributed by atoms with Crippen LogP contribution in [0.5, 0.6) is 0 Å². The Labute approximate surface area is 161 Å². The van der Waals surface area contributed by atoms with Gasteiger partial charge in [-0.1, -0.05) is 5.16 Å². The Hall–Kier alpha value is -3.60. The maximum Gasteiger partial charge on any atom is 0.321 e. The molecule has 8 nitrogen and oxygen atoms in total. The quantitative estimate of drug-likeness (QED) is 0.741. The molecule has 4 rings (SSSR count). The van der Waals surface area contributed by atoms with Crippen LogP contribution in [0.3, 0.4) is 0 Å². The molecule has 1 aliphatic rings. The zero-order valence-electron chi connectivity index (χ0n) is 15.4. The highest BCUT2D eigenvalue weighted by Gasteiger charge is 2.29. The lowest BCUT2D eigenvalue weighted by molar-refractivity contribution is 0.184. The van der Waals surface area contributed by atoms with Crippen molar-refractivity contribution in [1.82, 2.24) is 15.0 Å². The fraction of sp³-hybridized carbons (Fsp3) is 0.300. The molecule has 0 radical (unpaired) electrons. The zero-order valence-corrected chi connectivity index (χ0v) is 15.4. The minimum absolute atomic E-state index is 0.0159. The van der Waals surface area contributed by atoms with Gasteiger partial charge >= 0.3 is 6.03 Å². The Bertz CT molecular complexity index is 1020. The third-order valence-electron chi connectivity index (χ3n) is 4.73. The Morgan fingerprint density at radius 1 is 1.29 bits per heavy atom. The smallest absolute Gasteiger partial charge is 0.321 e. The van der Waals surface area contributed by atoms with Crippen LogP contribution in [-0.2, 0) is 0 Å². The van der Waals surface area contributed by atoms with Crippen LogP contribution in [0.25, 0.3) is 11.6 Å². The molecule has 0 bridgehead atoms. The number of rotatable bonds is 3. The number of anilines is 1. The van der Waals surface area contributed by atoms with Crippen molar-refractivity contribution in [1.29, 1.82) is 5.26 Å². The van der Waals surface area contributed by atoms with Gasteiger partial charge in [0.15, 0.2) is 5.76 Å². The first-order chi connectivity index (χ1) is 13.6. The molecule has 1 saturated heterocycles. The average Bonchev–Trinajstić information content (AvgIpc) is 3.38. The molecule has 1 aliphatic heterocycles. The van der Waals surface area contributed by atoms with Gasteiger partial charge in [0.05, 0.1) is 17.6 Å². The molecule has 142 valence electrons. The van der Waals surface area contributed by atoms with Crippen LogP contribution >= 0.6 is 0 Å². The number of benzene rings is 1. The summed E-state index contributed by atoms with van der Waals surface area (Å²) in [6.07, 6.45) is 1.72. The average molecular weight is 377 g/mol. The highest BCUT2D eigenvalue weighted by atomic mass is 16.5. The first kappa shape index (κ1) is 17.8. The molecule has 2 aromatic heterocycles. The number of hydrogen-bond donors (Lipinski definition) is 1. The van der Waals surface area contributed by atoms with Gasteiger partial charge in [0, 0.05) is 18.8 Å². The molecule has 1 atom stereocenters. The van der Waals surface area contributed by atoms with Crippen LogP contribution in [0.4, 0.5) is 10.5 Å². The molecule has 1 fully saturated rings. The molecule has 0 spiro atoms. The van der Waals surface area contributed by atoms with Gasteiger partial charge in [0.25, 0.3) is 0 Å². The van der Waals surface area contributed by atoms with Crippen molar-refractivity contribution >= 4 is 11.7 Å². The number of nitrogens with zero attached hydrogens (tertiary/aromatic N) is 4. The van der Waals surface area contributed by atoms with Gasteiger partial charge in [0.1, 0.15) is 5.76 Å². The van der Waals surface area contributed by atoms with Crippen molar-refractivity contribution < 1.29 is 13.7 Å². The molecule has 0 saturated carbocycles. The monoisotopic (exact) mass is 377 g/mol. The van der Waals surface area contributed by atoms with E-state index in [0.717, 1.165) is 18.6 Å². The van der Waals surface area contributed by atoms with Gasteiger partial charge in [-0.05, 0) is 56.2 Å². The minimum atomic E-state index is -0.184. The number of likely N-dealkylation sites (tertiary alicyclic amines) is 1. The van der Waals surface area contributed by atoms with E-state index in [1.54, 1.807) is 29.2 Å². The summed E-state index contributed by atoms with van der Waals surface area (Å²) < 4.78 is 11.0. The van der Waals surface area contributed by atoms with Crippen molar-refractivity contribution in [2.45, 2.75) is 25.7 Å². The Morgan fingerprint density at radius 3 is 2.82 bits per heavy atom. The van der Waals surface area contributed by atoms with Crippen molar-refractivity contribution in [2.75, 3.05) is 18.4 Å². The second-order valence-electron chi connectivity index (χ2n) is 6.77. The Kier molecular flexibility index (Phi) is 4.81. The standard InChI is InChI=1S/C20H19N5O3/c1-13-4-9-17(27-13)18-23-19(28-24-18)15-3-2-10-25(12-15)20(26)22-16-7-5-14(11-21)6-8-16/h4-9,15H,2-3,10,12H2,1H3,(H,22,26). The van der Waals surface area contributed by atoms with E-state index in [0.29, 0.717) is 41.8 Å². The van der Waals surface area contributed by atoms with E-state index in [4.69, 9.17) is 14.2 Å². The number of urea groups is 1. The number of piperidine rings is 1. The number of nitriles is 1. The van der Waals surface area contributed by atoms with Crippen molar-refractivity contribution in [3.8, 4) is 17.7 Å². The molecule has 2 amide bonds. The third-order valence-corrected chi connectivity index (χ3v) is 4.73. The second-order valence-corrected chi connectivity index (χ2v) is 6.77. The van der Waals surface area contributed by atoms with E-state index in [9.17, 15) is 4.79 Å². The highest BCUT2D eigenvalue weighted by molar-refractivity contribution is 5.89. The molecule has 3 aromatic rings. The number of carbonyl (C=O) groups excluding carboxylic acids is 1. The number of furan rings is 1. The Balaban J connectivity index is 1.42. The number of nitrogens with one attached hydrogen (secondary N) is 1. The normalized spacial score (nSPS) is 16.6. The fourth-order valence-electron chi connectivity index (χ4n) is 3.25. The number of amides is 2. The molecule has 1 N–H and O–H groups in total. The van der Waals surface area contributed by atoms with Gasteiger partial charge in [-0.2, -0.15) is 10.2 Å². The van der Waals surface area contributed by atoms with Crippen molar-refractivity contribution in [3.05, 3.63) is 53.6 Å². The topological polar surface area (TPSA) is 108 Å². The van der Waals surface area contributed by atoms with Crippen molar-refractivity contribution in [3.63, 3.8) is 0 Å². The molecule has 0 aliphatic carbocycles. The molecular weight excluding hydrogens is 358 g/mol. The molecular formula is C20H19N5O3. The summed E-state index contributed by atoms with van der Waals surface area (Å²) in [5, 5.41) is 15.7. The molecule has 1 aromatic carbocycles. The van der Waals surface area contributed by atoms with E-state index in [1.807, 2.05) is 19.1 Å². The van der Waals surface area contributed by atoms with Crippen LogP contribution < -0.4 is 5.32 Å². The van der Waals surface area contributed by atoms with Gasteiger partial charge in [-0.25, -0.2) is 4.79 Å². The predicted molar refractivity (Wildman–Crippen MR) is 100 cm³/mol. The van der Waals surface area contributed by atoms with Crippen LogP contribution in [0, 0.1) is 18.3 Å². The lowest BCUT2D eigenvalue weighted by atomic mass is 9.98. The first-order valence-corrected chi connectivity index (χ1v) is 9.09. The number of aryl methyl sites for hydroxylation is 1. The van der Waals surface area contributed by atoms with Gasteiger partial charge < -0.3 is 19.2 Å². The summed E-state index contributed by atoms with van der Waals surface area (Å²) in [5.41, 5.74) is 1.20.